The van der Waals surface area contributed by atoms with E-state index in [1.807, 2.05) is 28.6 Å². The molecular formula is C37H39F5N4O6S. The van der Waals surface area contributed by atoms with E-state index in [4.69, 9.17) is 23.7 Å². The maximum Gasteiger partial charge on any atom is 0.396 e. The first kappa shape index (κ1) is 39.3. The second-order valence-electron chi connectivity index (χ2n) is 12.4. The van der Waals surface area contributed by atoms with Crippen LogP contribution in [0.2, 0.25) is 0 Å². The Balaban J connectivity index is 1.44. The highest BCUT2D eigenvalue weighted by Crippen LogP contribution is 2.50. The summed E-state index contributed by atoms with van der Waals surface area (Å²) in [5.74, 6) is -1.57. The normalized spacial score (nSPS) is 17.1. The minimum atomic E-state index is -4.70. The Kier molecular flexibility index (Phi) is 12.1. The maximum atomic E-state index is 14.7. The van der Waals surface area contributed by atoms with Crippen LogP contribution >= 0.6 is 11.9 Å². The number of benzene rings is 3. The molecule has 1 N–H and O–H groups in total. The van der Waals surface area contributed by atoms with Gasteiger partial charge in [-0.1, -0.05) is 12.1 Å². The molecule has 5 rings (SSSR count). The summed E-state index contributed by atoms with van der Waals surface area (Å²) in [6.07, 6.45) is -3.88. The molecule has 1 aromatic heterocycles. The van der Waals surface area contributed by atoms with E-state index in [0.717, 1.165) is 42.2 Å². The smallest absolute Gasteiger partial charge is 0.396 e. The SMILES string of the molecule is COc1ccc(CN(Cc2ccc(OC)cc2OC)Sc2cc(NC(=O)C3CC(C)(C(F)(F)F)CN3c3ccc(F)c(F)c3OC)ccn2)c(OC)c1. The number of carbonyl (C=O) groups excluding carboxylic acids is 1. The van der Waals surface area contributed by atoms with Gasteiger partial charge in [0.25, 0.3) is 0 Å². The van der Waals surface area contributed by atoms with Crippen LogP contribution in [0.4, 0.5) is 33.3 Å². The van der Waals surface area contributed by atoms with Crippen molar-refractivity contribution in [2.75, 3.05) is 52.3 Å². The predicted molar refractivity (Wildman–Crippen MR) is 190 cm³/mol. The lowest BCUT2D eigenvalue weighted by molar-refractivity contribution is -0.210. The van der Waals surface area contributed by atoms with Crippen LogP contribution in [0, 0.1) is 17.0 Å². The Hall–Kier alpha value is -4.96. The van der Waals surface area contributed by atoms with Gasteiger partial charge in [-0.2, -0.15) is 17.6 Å². The molecule has 1 aliphatic heterocycles. The number of pyridine rings is 1. The van der Waals surface area contributed by atoms with Crippen LogP contribution in [0.5, 0.6) is 28.7 Å². The third-order valence-corrected chi connectivity index (χ3v) is 9.90. The van der Waals surface area contributed by atoms with E-state index < -0.39 is 53.9 Å². The molecular weight excluding hydrogens is 723 g/mol. The van der Waals surface area contributed by atoms with E-state index in [9.17, 15) is 26.7 Å². The van der Waals surface area contributed by atoms with Crippen LogP contribution in [0.15, 0.2) is 71.9 Å². The Morgan fingerprint density at radius 3 is 2.02 bits per heavy atom. The second-order valence-corrected chi connectivity index (χ2v) is 13.6. The average molecular weight is 763 g/mol. The molecule has 10 nitrogen and oxygen atoms in total. The van der Waals surface area contributed by atoms with Crippen molar-refractivity contribution >= 4 is 29.2 Å². The summed E-state index contributed by atoms with van der Waals surface area (Å²) in [4.78, 5) is 19.4. The molecule has 53 heavy (non-hydrogen) atoms. The first-order chi connectivity index (χ1) is 25.2. The summed E-state index contributed by atoms with van der Waals surface area (Å²) in [5, 5.41) is 3.17. The molecule has 16 heteroatoms. The molecule has 4 aromatic rings. The van der Waals surface area contributed by atoms with Crippen molar-refractivity contribution in [3.63, 3.8) is 0 Å². The molecule has 0 aliphatic carbocycles. The molecule has 2 atom stereocenters. The van der Waals surface area contributed by atoms with Crippen LogP contribution < -0.4 is 33.9 Å². The lowest BCUT2D eigenvalue weighted by atomic mass is 9.87. The Bertz CT molecular complexity index is 1880. The van der Waals surface area contributed by atoms with Crippen LogP contribution in [0.25, 0.3) is 0 Å². The molecule has 1 saturated heterocycles. The molecule has 0 radical (unpaired) electrons. The van der Waals surface area contributed by atoms with Gasteiger partial charge in [0.15, 0.2) is 11.6 Å². The zero-order valence-electron chi connectivity index (χ0n) is 29.8. The predicted octanol–water partition coefficient (Wildman–Crippen LogP) is 7.90. The largest absolute Gasteiger partial charge is 0.497 e. The van der Waals surface area contributed by atoms with Gasteiger partial charge in [0.2, 0.25) is 11.7 Å². The number of hydrogen-bond donors (Lipinski definition) is 1. The van der Waals surface area contributed by atoms with Gasteiger partial charge in [0.05, 0.1) is 46.7 Å². The van der Waals surface area contributed by atoms with Gasteiger partial charge in [-0.25, -0.2) is 13.7 Å². The van der Waals surface area contributed by atoms with Gasteiger partial charge >= 0.3 is 6.18 Å². The van der Waals surface area contributed by atoms with Crippen molar-refractivity contribution in [3.8, 4) is 28.7 Å². The van der Waals surface area contributed by atoms with Crippen molar-refractivity contribution < 1.29 is 50.4 Å². The lowest BCUT2D eigenvalue weighted by Gasteiger charge is -2.29. The van der Waals surface area contributed by atoms with E-state index in [1.54, 1.807) is 46.6 Å². The molecule has 1 aliphatic rings. The van der Waals surface area contributed by atoms with Crippen LogP contribution in [-0.2, 0) is 17.9 Å². The third-order valence-electron chi connectivity index (χ3n) is 8.98. The van der Waals surface area contributed by atoms with Crippen molar-refractivity contribution in [3.05, 3.63) is 89.6 Å². The molecule has 1 amide bonds. The number of alkyl halides is 3. The number of ether oxygens (including phenoxy) is 5. The van der Waals surface area contributed by atoms with Crippen molar-refractivity contribution in [2.45, 2.75) is 43.7 Å². The summed E-state index contributed by atoms with van der Waals surface area (Å²) in [6, 6.07) is 14.5. The first-order valence-corrected chi connectivity index (χ1v) is 17.0. The third kappa shape index (κ3) is 8.65. The number of anilines is 2. The molecule has 0 saturated carbocycles. The van der Waals surface area contributed by atoms with Crippen LogP contribution in [0.1, 0.15) is 24.5 Å². The monoisotopic (exact) mass is 762 g/mol. The molecule has 2 unspecified atom stereocenters. The summed E-state index contributed by atoms with van der Waals surface area (Å²) in [5.41, 5.74) is -0.590. The molecule has 3 aromatic carbocycles. The number of nitrogens with zero attached hydrogens (tertiary/aromatic N) is 3. The fourth-order valence-electron chi connectivity index (χ4n) is 6.08. The average Bonchev–Trinajstić information content (AvgIpc) is 3.52. The zero-order valence-corrected chi connectivity index (χ0v) is 30.7. The quantitative estimate of drug-likeness (QED) is 0.101. The highest BCUT2D eigenvalue weighted by molar-refractivity contribution is 7.96. The van der Waals surface area contributed by atoms with Crippen molar-refractivity contribution in [2.24, 2.45) is 5.41 Å². The number of aromatic nitrogens is 1. The van der Waals surface area contributed by atoms with Gasteiger partial charge in [-0.15, -0.1) is 0 Å². The number of methoxy groups -OCH3 is 5. The Morgan fingerprint density at radius 1 is 0.887 bits per heavy atom. The number of carbonyl (C=O) groups is 1. The fraction of sp³-hybridized carbons (Fsp3) is 0.351. The maximum absolute atomic E-state index is 14.7. The second kappa shape index (κ2) is 16.4. The Morgan fingerprint density at radius 2 is 1.49 bits per heavy atom. The Labute approximate surface area is 308 Å². The van der Waals surface area contributed by atoms with Gasteiger partial charge in [-0.3, -0.25) is 4.79 Å². The van der Waals surface area contributed by atoms with E-state index >= 15 is 0 Å². The molecule has 0 spiro atoms. The summed E-state index contributed by atoms with van der Waals surface area (Å²) >= 11 is 1.26. The van der Waals surface area contributed by atoms with Gasteiger partial charge in [0.1, 0.15) is 34.1 Å². The van der Waals surface area contributed by atoms with Gasteiger partial charge in [-0.05, 0) is 61.7 Å². The minimum Gasteiger partial charge on any atom is -0.497 e. The molecule has 284 valence electrons. The van der Waals surface area contributed by atoms with Crippen LogP contribution in [0.3, 0.4) is 0 Å². The topological polar surface area (TPSA) is 94.6 Å². The summed E-state index contributed by atoms with van der Waals surface area (Å²) < 4.78 is 101. The fourth-order valence-corrected chi connectivity index (χ4v) is 7.04. The van der Waals surface area contributed by atoms with Crippen molar-refractivity contribution in [1.82, 2.24) is 9.29 Å². The number of halogens is 5. The minimum absolute atomic E-state index is 0.177. The highest BCUT2D eigenvalue weighted by atomic mass is 32.2. The van der Waals surface area contributed by atoms with E-state index in [1.165, 1.54) is 24.2 Å². The molecule has 2 heterocycles. The van der Waals surface area contributed by atoms with E-state index in [2.05, 4.69) is 10.3 Å². The van der Waals surface area contributed by atoms with Crippen LogP contribution in [-0.4, -0.2) is 69.5 Å². The summed E-state index contributed by atoms with van der Waals surface area (Å²) in [7, 11) is 7.30. The number of hydrogen-bond acceptors (Lipinski definition) is 10. The first-order valence-electron chi connectivity index (χ1n) is 16.2. The van der Waals surface area contributed by atoms with Crippen molar-refractivity contribution in [1.29, 1.82) is 0 Å². The standard InChI is InChI=1S/C37H39F5N4O6S/c1-36(37(40,41)42)18-29(46(21-36)28-12-11-27(38)33(39)34(28)52-6)35(47)44-24-13-14-43-32(15-24)53-45(19-22-7-9-25(48-2)16-30(22)50-4)20-23-8-10-26(49-3)17-31(23)51-5/h7-17,29H,18-21H2,1-6H3,(H,43,44,47). The number of amides is 1. The molecule has 1 fully saturated rings. The lowest BCUT2D eigenvalue weighted by Crippen LogP contribution is -2.40. The number of nitrogens with one attached hydrogen (secondary N) is 1. The van der Waals surface area contributed by atoms with Gasteiger partial charge in [0, 0.05) is 54.8 Å². The highest BCUT2D eigenvalue weighted by Gasteiger charge is 2.59. The summed E-state index contributed by atoms with van der Waals surface area (Å²) in [6.45, 7) is 1.01. The van der Waals surface area contributed by atoms with Gasteiger partial charge < -0.3 is 33.9 Å². The van der Waals surface area contributed by atoms with E-state index in [0.29, 0.717) is 41.1 Å². The number of rotatable bonds is 14. The molecule has 0 bridgehead atoms. The van der Waals surface area contributed by atoms with E-state index in [-0.39, 0.29) is 11.4 Å². The zero-order chi connectivity index (χ0) is 38.5.